The summed E-state index contributed by atoms with van der Waals surface area (Å²) in [6.45, 7) is 0. The molecule has 0 aliphatic heterocycles. The van der Waals surface area contributed by atoms with Crippen LogP contribution in [0.3, 0.4) is 0 Å². The fraction of sp³-hybridized carbons (Fsp3) is 0.0769. The van der Waals surface area contributed by atoms with Crippen LogP contribution in [0.15, 0.2) is 30.3 Å². The zero-order chi connectivity index (χ0) is 15.1. The highest BCUT2D eigenvalue weighted by Crippen LogP contribution is 2.39. The maximum Gasteiger partial charge on any atom is 0.416 e. The Bertz CT molecular complexity index is 665. The molecule has 0 radical (unpaired) electrons. The number of hydrogen-bond acceptors (Lipinski definition) is 0. The molecule has 2 aromatic carbocycles. The zero-order valence-electron chi connectivity index (χ0n) is 9.53. The molecule has 0 spiro atoms. The van der Waals surface area contributed by atoms with Crippen molar-refractivity contribution in [2.24, 2.45) is 0 Å². The van der Waals surface area contributed by atoms with Crippen LogP contribution in [0, 0.1) is 5.82 Å². The van der Waals surface area contributed by atoms with Crippen LogP contribution in [0.1, 0.15) is 5.56 Å². The Morgan fingerprint density at radius 3 is 1.95 bits per heavy atom. The van der Waals surface area contributed by atoms with Gasteiger partial charge in [-0.15, -0.1) is 0 Å². The van der Waals surface area contributed by atoms with E-state index in [-0.39, 0.29) is 26.2 Å². The lowest BCUT2D eigenvalue weighted by Crippen LogP contribution is -2.05. The summed E-state index contributed by atoms with van der Waals surface area (Å²) in [5.74, 6) is -0.835. The van der Waals surface area contributed by atoms with Crippen LogP contribution >= 0.6 is 34.8 Å². The monoisotopic (exact) mass is 342 g/mol. The van der Waals surface area contributed by atoms with Crippen molar-refractivity contribution < 1.29 is 17.6 Å². The molecule has 0 saturated carbocycles. The number of rotatable bonds is 1. The van der Waals surface area contributed by atoms with Crippen molar-refractivity contribution in [1.29, 1.82) is 0 Å². The molecule has 0 aromatic heterocycles. The fourth-order valence-corrected chi connectivity index (χ4v) is 2.29. The summed E-state index contributed by atoms with van der Waals surface area (Å²) < 4.78 is 51.7. The number of benzene rings is 2. The van der Waals surface area contributed by atoms with Gasteiger partial charge in [0, 0.05) is 11.1 Å². The van der Waals surface area contributed by atoms with Gasteiger partial charge < -0.3 is 0 Å². The number of halogens is 7. The van der Waals surface area contributed by atoms with Crippen LogP contribution in [0.5, 0.6) is 0 Å². The van der Waals surface area contributed by atoms with E-state index in [1.54, 1.807) is 0 Å². The average molecular weight is 344 g/mol. The summed E-state index contributed by atoms with van der Waals surface area (Å²) in [7, 11) is 0. The molecule has 0 unspecified atom stereocenters. The smallest absolute Gasteiger partial charge is 0.206 e. The Hall–Kier alpha value is -0.970. The molecular weight excluding hydrogens is 338 g/mol. The van der Waals surface area contributed by atoms with Crippen LogP contribution < -0.4 is 0 Å². The lowest BCUT2D eigenvalue weighted by atomic mass is 10.0. The minimum Gasteiger partial charge on any atom is -0.206 e. The molecule has 0 aliphatic carbocycles. The average Bonchev–Trinajstić information content (AvgIpc) is 2.33. The SMILES string of the molecule is Fc1ccc(C(F)(F)F)cc1-c1cc(Cl)c(Cl)cc1Cl. The first-order chi connectivity index (χ1) is 9.20. The van der Waals surface area contributed by atoms with Crippen molar-refractivity contribution in [3.8, 4) is 11.1 Å². The summed E-state index contributed by atoms with van der Waals surface area (Å²) >= 11 is 17.4. The number of hydrogen-bond donors (Lipinski definition) is 0. The molecule has 0 aliphatic rings. The second kappa shape index (κ2) is 5.43. The normalized spacial score (nSPS) is 11.8. The molecule has 0 heterocycles. The highest BCUT2D eigenvalue weighted by molar-refractivity contribution is 6.44. The van der Waals surface area contributed by atoms with E-state index in [9.17, 15) is 17.6 Å². The van der Waals surface area contributed by atoms with Crippen LogP contribution in [0.4, 0.5) is 17.6 Å². The van der Waals surface area contributed by atoms with Gasteiger partial charge in [-0.1, -0.05) is 34.8 Å². The van der Waals surface area contributed by atoms with E-state index in [2.05, 4.69) is 0 Å². The lowest BCUT2D eigenvalue weighted by molar-refractivity contribution is -0.137. The van der Waals surface area contributed by atoms with Gasteiger partial charge in [-0.2, -0.15) is 13.2 Å². The minimum atomic E-state index is -4.58. The van der Waals surface area contributed by atoms with Crippen LogP contribution in [-0.2, 0) is 6.18 Å². The molecular formula is C13H5Cl3F4. The molecule has 2 rings (SSSR count). The van der Waals surface area contributed by atoms with Gasteiger partial charge in [0.2, 0.25) is 0 Å². The predicted octanol–water partition coefficient (Wildman–Crippen LogP) is 6.47. The van der Waals surface area contributed by atoms with E-state index in [1.165, 1.54) is 12.1 Å². The van der Waals surface area contributed by atoms with Crippen molar-refractivity contribution in [1.82, 2.24) is 0 Å². The molecule has 106 valence electrons. The molecule has 0 atom stereocenters. The van der Waals surface area contributed by atoms with Crippen molar-refractivity contribution in [3.05, 3.63) is 56.8 Å². The highest BCUT2D eigenvalue weighted by atomic mass is 35.5. The topological polar surface area (TPSA) is 0 Å². The highest BCUT2D eigenvalue weighted by Gasteiger charge is 2.31. The van der Waals surface area contributed by atoms with Gasteiger partial charge in [0.1, 0.15) is 5.82 Å². The largest absolute Gasteiger partial charge is 0.416 e. The zero-order valence-corrected chi connectivity index (χ0v) is 11.8. The fourth-order valence-electron chi connectivity index (χ4n) is 1.64. The van der Waals surface area contributed by atoms with Gasteiger partial charge in [-0.05, 0) is 30.3 Å². The molecule has 0 amide bonds. The van der Waals surface area contributed by atoms with E-state index < -0.39 is 17.6 Å². The van der Waals surface area contributed by atoms with Gasteiger partial charge in [0.05, 0.1) is 20.6 Å². The first kappa shape index (κ1) is 15.4. The van der Waals surface area contributed by atoms with Crippen molar-refractivity contribution in [2.75, 3.05) is 0 Å². The van der Waals surface area contributed by atoms with Gasteiger partial charge in [0.15, 0.2) is 0 Å². The Morgan fingerprint density at radius 1 is 0.750 bits per heavy atom. The molecule has 2 aromatic rings. The summed E-state index contributed by atoms with van der Waals surface area (Å²) in [5.41, 5.74) is -1.22. The molecule has 0 N–H and O–H groups in total. The Balaban J connectivity index is 2.66. The second-order valence-electron chi connectivity index (χ2n) is 3.94. The number of alkyl halides is 3. The van der Waals surface area contributed by atoms with Crippen LogP contribution in [-0.4, -0.2) is 0 Å². The predicted molar refractivity (Wildman–Crippen MR) is 71.9 cm³/mol. The van der Waals surface area contributed by atoms with Crippen molar-refractivity contribution in [3.63, 3.8) is 0 Å². The Kier molecular flexibility index (Phi) is 4.19. The second-order valence-corrected chi connectivity index (χ2v) is 5.16. The third-order valence-corrected chi connectivity index (χ3v) is 3.63. The summed E-state index contributed by atoms with van der Waals surface area (Å²) in [6.07, 6.45) is -4.58. The van der Waals surface area contributed by atoms with Gasteiger partial charge in [-0.3, -0.25) is 0 Å². The lowest BCUT2D eigenvalue weighted by Gasteiger charge is -2.12. The Morgan fingerprint density at radius 2 is 1.35 bits per heavy atom. The molecule has 0 saturated heterocycles. The van der Waals surface area contributed by atoms with Crippen LogP contribution in [0.2, 0.25) is 15.1 Å². The maximum atomic E-state index is 13.8. The molecule has 20 heavy (non-hydrogen) atoms. The quantitative estimate of drug-likeness (QED) is 0.411. The minimum absolute atomic E-state index is 0.0117. The molecule has 0 fully saturated rings. The van der Waals surface area contributed by atoms with Gasteiger partial charge in [0.25, 0.3) is 0 Å². The summed E-state index contributed by atoms with van der Waals surface area (Å²) in [6, 6.07) is 4.55. The summed E-state index contributed by atoms with van der Waals surface area (Å²) in [5, 5.41) is 0.216. The van der Waals surface area contributed by atoms with E-state index in [4.69, 9.17) is 34.8 Å². The third kappa shape index (κ3) is 3.03. The third-order valence-electron chi connectivity index (χ3n) is 2.59. The maximum absolute atomic E-state index is 13.8. The standard InChI is InChI=1S/C13H5Cl3F4/c14-9-5-11(16)10(15)4-7(9)8-3-6(13(18,19)20)1-2-12(8)17/h1-5H. The van der Waals surface area contributed by atoms with E-state index in [0.29, 0.717) is 12.1 Å². The van der Waals surface area contributed by atoms with Crippen molar-refractivity contribution in [2.45, 2.75) is 6.18 Å². The van der Waals surface area contributed by atoms with Gasteiger partial charge >= 0.3 is 6.18 Å². The van der Waals surface area contributed by atoms with E-state index >= 15 is 0 Å². The molecule has 0 bridgehead atoms. The van der Waals surface area contributed by atoms with E-state index in [0.717, 1.165) is 6.07 Å². The first-order valence-electron chi connectivity index (χ1n) is 5.22. The molecule has 7 heteroatoms. The summed E-state index contributed by atoms with van der Waals surface area (Å²) in [4.78, 5) is 0. The Labute approximate surface area is 126 Å². The van der Waals surface area contributed by atoms with E-state index in [1.807, 2.05) is 0 Å². The van der Waals surface area contributed by atoms with Gasteiger partial charge in [-0.25, -0.2) is 4.39 Å². The first-order valence-corrected chi connectivity index (χ1v) is 6.35. The van der Waals surface area contributed by atoms with Crippen molar-refractivity contribution >= 4 is 34.8 Å². The molecule has 0 nitrogen and oxygen atoms in total. The van der Waals surface area contributed by atoms with Crippen LogP contribution in [0.25, 0.3) is 11.1 Å².